The maximum Gasteiger partial charge on any atom is 0.0351 e. The van der Waals surface area contributed by atoms with E-state index < -0.39 is 0 Å². The number of rotatable bonds is 3. The summed E-state index contributed by atoms with van der Waals surface area (Å²) in [7, 11) is 2.21. The molecular formula is C12H25N3. The van der Waals surface area contributed by atoms with Gasteiger partial charge < -0.3 is 9.80 Å². The quantitative estimate of drug-likeness (QED) is 0.676. The number of likely N-dealkylation sites (tertiary alicyclic amines) is 1. The van der Waals surface area contributed by atoms with Crippen molar-refractivity contribution >= 4 is 0 Å². The fourth-order valence-electron chi connectivity index (χ4n) is 2.72. The highest BCUT2D eigenvalue weighted by atomic mass is 15.3. The molecule has 2 aliphatic rings. The van der Waals surface area contributed by atoms with Gasteiger partial charge in [0, 0.05) is 51.9 Å². The molecule has 0 unspecified atom stereocenters. The van der Waals surface area contributed by atoms with Gasteiger partial charge in [-0.3, -0.25) is 4.90 Å². The van der Waals surface area contributed by atoms with Crippen molar-refractivity contribution in [1.82, 2.24) is 14.7 Å². The average molecular weight is 211 g/mol. The molecule has 0 aliphatic carbocycles. The SMILES string of the molecule is CC(C)CN1CCN(C2CN(C)C2)CC1. The molecule has 3 nitrogen and oxygen atoms in total. The molecule has 0 saturated carbocycles. The zero-order chi connectivity index (χ0) is 10.8. The molecule has 0 radical (unpaired) electrons. The minimum atomic E-state index is 0.811. The van der Waals surface area contributed by atoms with Gasteiger partial charge in [0.2, 0.25) is 0 Å². The van der Waals surface area contributed by atoms with Gasteiger partial charge >= 0.3 is 0 Å². The van der Waals surface area contributed by atoms with Gasteiger partial charge in [-0.15, -0.1) is 0 Å². The second kappa shape index (κ2) is 4.81. The van der Waals surface area contributed by atoms with Crippen LogP contribution >= 0.6 is 0 Å². The van der Waals surface area contributed by atoms with E-state index in [2.05, 4.69) is 35.6 Å². The van der Waals surface area contributed by atoms with Gasteiger partial charge in [-0.1, -0.05) is 13.8 Å². The van der Waals surface area contributed by atoms with Crippen molar-refractivity contribution in [2.24, 2.45) is 5.92 Å². The lowest BCUT2D eigenvalue weighted by atomic mass is 10.1. The van der Waals surface area contributed by atoms with E-state index in [0.717, 1.165) is 12.0 Å². The minimum Gasteiger partial charge on any atom is -0.303 e. The van der Waals surface area contributed by atoms with Crippen molar-refractivity contribution in [1.29, 1.82) is 0 Å². The van der Waals surface area contributed by atoms with Crippen LogP contribution in [0.2, 0.25) is 0 Å². The van der Waals surface area contributed by atoms with Crippen molar-refractivity contribution in [3.63, 3.8) is 0 Å². The Labute approximate surface area is 94.0 Å². The van der Waals surface area contributed by atoms with E-state index in [4.69, 9.17) is 0 Å². The monoisotopic (exact) mass is 211 g/mol. The molecule has 88 valence electrons. The van der Waals surface area contributed by atoms with E-state index in [9.17, 15) is 0 Å². The molecule has 0 amide bonds. The summed E-state index contributed by atoms with van der Waals surface area (Å²) in [6.45, 7) is 13.6. The molecule has 2 aliphatic heterocycles. The van der Waals surface area contributed by atoms with Crippen molar-refractivity contribution in [2.45, 2.75) is 19.9 Å². The van der Waals surface area contributed by atoms with Crippen molar-refractivity contribution in [3.05, 3.63) is 0 Å². The second-order valence-corrected chi connectivity index (χ2v) is 5.61. The van der Waals surface area contributed by atoms with Gasteiger partial charge in [-0.2, -0.15) is 0 Å². The topological polar surface area (TPSA) is 9.72 Å². The molecule has 2 saturated heterocycles. The normalized spacial score (nSPS) is 27.2. The maximum absolute atomic E-state index is 2.68. The number of likely N-dealkylation sites (N-methyl/N-ethyl adjacent to an activating group) is 1. The summed E-state index contributed by atoms with van der Waals surface area (Å²) in [6.07, 6.45) is 0. The first kappa shape index (κ1) is 11.4. The molecule has 0 N–H and O–H groups in total. The van der Waals surface area contributed by atoms with Gasteiger partial charge in [-0.05, 0) is 13.0 Å². The first-order chi connectivity index (χ1) is 7.15. The zero-order valence-corrected chi connectivity index (χ0v) is 10.4. The number of nitrogens with zero attached hydrogens (tertiary/aromatic N) is 3. The van der Waals surface area contributed by atoms with Crippen LogP contribution in [-0.4, -0.2) is 73.6 Å². The molecule has 2 fully saturated rings. The van der Waals surface area contributed by atoms with Crippen molar-refractivity contribution in [2.75, 3.05) is 52.9 Å². The molecule has 3 heteroatoms. The zero-order valence-electron chi connectivity index (χ0n) is 10.4. The number of piperazine rings is 1. The third-order valence-electron chi connectivity index (χ3n) is 3.59. The first-order valence-corrected chi connectivity index (χ1v) is 6.30. The number of hydrogen-bond acceptors (Lipinski definition) is 3. The number of hydrogen-bond donors (Lipinski definition) is 0. The third-order valence-corrected chi connectivity index (χ3v) is 3.59. The highest BCUT2D eigenvalue weighted by Crippen LogP contribution is 2.15. The Bertz CT molecular complexity index is 191. The van der Waals surface area contributed by atoms with E-state index >= 15 is 0 Å². The van der Waals surface area contributed by atoms with E-state index in [1.165, 1.54) is 45.8 Å². The molecule has 0 aromatic rings. The van der Waals surface area contributed by atoms with E-state index in [-0.39, 0.29) is 0 Å². The van der Waals surface area contributed by atoms with Gasteiger partial charge in [-0.25, -0.2) is 0 Å². The summed E-state index contributed by atoms with van der Waals surface area (Å²) in [4.78, 5) is 7.70. The summed E-state index contributed by atoms with van der Waals surface area (Å²) in [5.41, 5.74) is 0. The molecule has 2 heterocycles. The molecule has 0 spiro atoms. The summed E-state index contributed by atoms with van der Waals surface area (Å²) >= 11 is 0. The highest BCUT2D eigenvalue weighted by molar-refractivity contribution is 4.88. The van der Waals surface area contributed by atoms with Gasteiger partial charge in [0.1, 0.15) is 0 Å². The maximum atomic E-state index is 2.68. The van der Waals surface area contributed by atoms with Crippen molar-refractivity contribution < 1.29 is 0 Å². The van der Waals surface area contributed by atoms with Crippen LogP contribution in [0.1, 0.15) is 13.8 Å². The minimum absolute atomic E-state index is 0.811. The van der Waals surface area contributed by atoms with Crippen LogP contribution in [0.5, 0.6) is 0 Å². The fourth-order valence-corrected chi connectivity index (χ4v) is 2.72. The molecule has 0 bridgehead atoms. The predicted octanol–water partition coefficient (Wildman–Crippen LogP) is 0.574. The Morgan fingerprint density at radius 3 is 2.13 bits per heavy atom. The van der Waals surface area contributed by atoms with Gasteiger partial charge in [0.15, 0.2) is 0 Å². The molecule has 0 aromatic carbocycles. The molecule has 0 aromatic heterocycles. The summed E-state index contributed by atoms with van der Waals surface area (Å²) in [5.74, 6) is 0.811. The molecular weight excluding hydrogens is 186 g/mol. The van der Waals surface area contributed by atoms with Crippen molar-refractivity contribution in [3.8, 4) is 0 Å². The Morgan fingerprint density at radius 2 is 1.67 bits per heavy atom. The average Bonchev–Trinajstić information content (AvgIpc) is 2.14. The van der Waals surface area contributed by atoms with Crippen LogP contribution in [-0.2, 0) is 0 Å². The summed E-state index contributed by atoms with van der Waals surface area (Å²) in [6, 6.07) is 0.858. The first-order valence-electron chi connectivity index (χ1n) is 6.30. The largest absolute Gasteiger partial charge is 0.303 e. The van der Waals surface area contributed by atoms with Crippen LogP contribution in [0, 0.1) is 5.92 Å². The predicted molar refractivity (Wildman–Crippen MR) is 64.1 cm³/mol. The molecule has 15 heavy (non-hydrogen) atoms. The fraction of sp³-hybridized carbons (Fsp3) is 1.00. The van der Waals surface area contributed by atoms with E-state index in [0.29, 0.717) is 0 Å². The van der Waals surface area contributed by atoms with Crippen LogP contribution in [0.3, 0.4) is 0 Å². The van der Waals surface area contributed by atoms with Gasteiger partial charge in [0.25, 0.3) is 0 Å². The van der Waals surface area contributed by atoms with Gasteiger partial charge in [0.05, 0.1) is 0 Å². The Balaban J connectivity index is 1.68. The smallest absolute Gasteiger partial charge is 0.0351 e. The summed E-state index contributed by atoms with van der Waals surface area (Å²) in [5, 5.41) is 0. The molecule has 0 atom stereocenters. The van der Waals surface area contributed by atoms with Crippen LogP contribution in [0.15, 0.2) is 0 Å². The standard InChI is InChI=1S/C12H25N3/c1-11(2)8-14-4-6-15(7-5-14)12-9-13(3)10-12/h11-12H,4-10H2,1-3H3. The lowest BCUT2D eigenvalue weighted by Gasteiger charge is -2.47. The Kier molecular flexibility index (Phi) is 3.65. The van der Waals surface area contributed by atoms with Crippen LogP contribution in [0.4, 0.5) is 0 Å². The Hall–Kier alpha value is -0.120. The Morgan fingerprint density at radius 1 is 1.07 bits per heavy atom. The highest BCUT2D eigenvalue weighted by Gasteiger charge is 2.31. The third kappa shape index (κ3) is 2.92. The van der Waals surface area contributed by atoms with Crippen LogP contribution in [0.25, 0.3) is 0 Å². The second-order valence-electron chi connectivity index (χ2n) is 5.61. The molecule has 2 rings (SSSR count). The summed E-state index contributed by atoms with van der Waals surface area (Å²) < 4.78 is 0. The van der Waals surface area contributed by atoms with Crippen LogP contribution < -0.4 is 0 Å². The van der Waals surface area contributed by atoms with E-state index in [1.807, 2.05) is 0 Å². The lowest BCUT2D eigenvalue weighted by molar-refractivity contribution is 0.0156. The van der Waals surface area contributed by atoms with E-state index in [1.54, 1.807) is 0 Å². The lowest BCUT2D eigenvalue weighted by Crippen LogP contribution is -2.62.